The summed E-state index contributed by atoms with van der Waals surface area (Å²) in [7, 11) is 4.86. The normalized spacial score (nSPS) is 11.6. The lowest BCUT2D eigenvalue weighted by Gasteiger charge is -2.14. The molecule has 1 atom stereocenters. The van der Waals surface area contributed by atoms with Crippen molar-refractivity contribution in [2.45, 2.75) is 29.9 Å². The van der Waals surface area contributed by atoms with Gasteiger partial charge < -0.3 is 19.5 Å². The molecule has 0 saturated heterocycles. The molecule has 2 rings (SSSR count). The molecule has 146 valence electrons. The third-order valence-electron chi connectivity index (χ3n) is 4.14. The average molecular weight is 390 g/mol. The minimum absolute atomic E-state index is 0.0320. The third kappa shape index (κ3) is 6.40. The van der Waals surface area contributed by atoms with Gasteiger partial charge >= 0.3 is 0 Å². The van der Waals surface area contributed by atoms with Crippen LogP contribution in [0.3, 0.4) is 0 Å². The molecule has 0 aliphatic heterocycles. The van der Waals surface area contributed by atoms with Crippen molar-refractivity contribution in [1.29, 1.82) is 0 Å². The molecule has 0 aliphatic carbocycles. The van der Waals surface area contributed by atoms with Crippen LogP contribution in [-0.2, 0) is 11.2 Å². The lowest BCUT2D eigenvalue weighted by Crippen LogP contribution is -2.31. The Labute approximate surface area is 165 Å². The lowest BCUT2D eigenvalue weighted by molar-refractivity contribution is -0.120. The van der Waals surface area contributed by atoms with Gasteiger partial charge in [-0.3, -0.25) is 4.79 Å². The van der Waals surface area contributed by atoms with Gasteiger partial charge in [-0.2, -0.15) is 0 Å². The van der Waals surface area contributed by atoms with E-state index < -0.39 is 0 Å². The molecule has 5 nitrogen and oxygen atoms in total. The molecule has 0 aromatic heterocycles. The molecule has 0 bridgehead atoms. The summed E-state index contributed by atoms with van der Waals surface area (Å²) >= 11 is 1.50. The molecular formula is C21H27NO4S. The van der Waals surface area contributed by atoms with Crippen LogP contribution >= 0.6 is 11.8 Å². The van der Waals surface area contributed by atoms with Crippen LogP contribution in [-0.4, -0.2) is 39.0 Å². The van der Waals surface area contributed by atoms with Crippen molar-refractivity contribution in [3.63, 3.8) is 0 Å². The zero-order chi connectivity index (χ0) is 19.6. The summed E-state index contributed by atoms with van der Waals surface area (Å²) in [5.41, 5.74) is 1.23. The number of ether oxygens (including phenoxy) is 3. The highest BCUT2D eigenvalue weighted by Crippen LogP contribution is 2.33. The predicted octanol–water partition coefficient (Wildman–Crippen LogP) is 3.94. The molecule has 0 saturated carbocycles. The Morgan fingerprint density at radius 1 is 1.00 bits per heavy atom. The Bertz CT molecular complexity index is 733. The number of aryl methyl sites for hydroxylation is 1. The summed E-state index contributed by atoms with van der Waals surface area (Å²) < 4.78 is 15.7. The molecule has 0 spiro atoms. The summed E-state index contributed by atoms with van der Waals surface area (Å²) in [5, 5.41) is 2.82. The van der Waals surface area contributed by atoms with Gasteiger partial charge in [0, 0.05) is 11.4 Å². The van der Waals surface area contributed by atoms with E-state index in [0.717, 1.165) is 23.5 Å². The number of nitrogens with one attached hydrogen (secondary N) is 1. The molecule has 0 fully saturated rings. The van der Waals surface area contributed by atoms with E-state index in [0.29, 0.717) is 18.0 Å². The maximum Gasteiger partial charge on any atom is 0.233 e. The number of thioether (sulfide) groups is 1. The van der Waals surface area contributed by atoms with Gasteiger partial charge in [0.25, 0.3) is 0 Å². The van der Waals surface area contributed by atoms with Gasteiger partial charge in [0.15, 0.2) is 11.5 Å². The minimum atomic E-state index is -0.191. The van der Waals surface area contributed by atoms with Gasteiger partial charge in [-0.05, 0) is 55.7 Å². The Kier molecular flexibility index (Phi) is 8.33. The first-order chi connectivity index (χ1) is 13.1. The highest BCUT2D eigenvalue weighted by molar-refractivity contribution is 8.00. The van der Waals surface area contributed by atoms with Gasteiger partial charge in [0.05, 0.1) is 26.6 Å². The van der Waals surface area contributed by atoms with Crippen molar-refractivity contribution >= 4 is 17.7 Å². The van der Waals surface area contributed by atoms with Crippen molar-refractivity contribution in [2.24, 2.45) is 0 Å². The highest BCUT2D eigenvalue weighted by atomic mass is 32.2. The maximum absolute atomic E-state index is 12.3. The summed E-state index contributed by atoms with van der Waals surface area (Å²) in [6, 6.07) is 13.7. The molecule has 2 aromatic rings. The van der Waals surface area contributed by atoms with Crippen molar-refractivity contribution in [2.75, 3.05) is 27.9 Å². The molecule has 0 heterocycles. The molecule has 6 heteroatoms. The summed E-state index contributed by atoms with van der Waals surface area (Å²) in [4.78, 5) is 13.3. The van der Waals surface area contributed by atoms with Crippen molar-refractivity contribution in [3.05, 3.63) is 48.0 Å². The van der Waals surface area contributed by atoms with Crippen molar-refractivity contribution in [1.82, 2.24) is 5.32 Å². The summed E-state index contributed by atoms with van der Waals surface area (Å²) in [6.07, 6.45) is 1.81. The third-order valence-corrected chi connectivity index (χ3v) is 5.23. The predicted molar refractivity (Wildman–Crippen MR) is 109 cm³/mol. The molecule has 2 aromatic carbocycles. The topological polar surface area (TPSA) is 56.8 Å². The SMILES string of the molecule is COc1ccc(CCCNC(=O)C(C)Sc2ccc(OC)c(OC)c2)cc1. The van der Waals surface area contributed by atoms with Crippen LogP contribution in [0.2, 0.25) is 0 Å². The number of rotatable bonds is 10. The van der Waals surface area contributed by atoms with Crippen LogP contribution in [0.15, 0.2) is 47.4 Å². The molecule has 1 amide bonds. The van der Waals surface area contributed by atoms with E-state index in [1.165, 1.54) is 17.3 Å². The van der Waals surface area contributed by atoms with Crippen LogP contribution in [0.5, 0.6) is 17.2 Å². The number of methoxy groups -OCH3 is 3. The van der Waals surface area contributed by atoms with E-state index in [-0.39, 0.29) is 11.2 Å². The van der Waals surface area contributed by atoms with Crippen LogP contribution in [0.4, 0.5) is 0 Å². The quantitative estimate of drug-likeness (QED) is 0.493. The van der Waals surface area contributed by atoms with Crippen LogP contribution in [0.1, 0.15) is 18.9 Å². The zero-order valence-electron chi connectivity index (χ0n) is 16.3. The molecule has 1 N–H and O–H groups in total. The van der Waals surface area contributed by atoms with Gasteiger partial charge in [-0.1, -0.05) is 12.1 Å². The first-order valence-electron chi connectivity index (χ1n) is 8.86. The molecule has 0 radical (unpaired) electrons. The Morgan fingerprint density at radius 2 is 1.70 bits per heavy atom. The fraction of sp³-hybridized carbons (Fsp3) is 0.381. The Hall–Kier alpha value is -2.34. The van der Waals surface area contributed by atoms with Gasteiger partial charge in [0.2, 0.25) is 5.91 Å². The number of carbonyl (C=O) groups is 1. The second kappa shape index (κ2) is 10.7. The smallest absolute Gasteiger partial charge is 0.233 e. The van der Waals surface area contributed by atoms with Gasteiger partial charge in [-0.25, -0.2) is 0 Å². The van der Waals surface area contributed by atoms with E-state index >= 15 is 0 Å². The molecule has 1 unspecified atom stereocenters. The molecule has 0 aliphatic rings. The number of hydrogen-bond donors (Lipinski definition) is 1. The second-order valence-corrected chi connectivity index (χ2v) is 7.43. The largest absolute Gasteiger partial charge is 0.497 e. The van der Waals surface area contributed by atoms with E-state index in [1.54, 1.807) is 21.3 Å². The first kappa shape index (κ1) is 21.0. The molecular weight excluding hydrogens is 362 g/mol. The fourth-order valence-electron chi connectivity index (χ4n) is 2.59. The maximum atomic E-state index is 12.3. The van der Waals surface area contributed by atoms with Crippen LogP contribution in [0, 0.1) is 0 Å². The fourth-order valence-corrected chi connectivity index (χ4v) is 3.51. The minimum Gasteiger partial charge on any atom is -0.497 e. The summed E-state index contributed by atoms with van der Waals surface area (Å²) in [6.45, 7) is 2.56. The van der Waals surface area contributed by atoms with Crippen molar-refractivity contribution < 1.29 is 19.0 Å². The van der Waals surface area contributed by atoms with Crippen LogP contribution in [0.25, 0.3) is 0 Å². The second-order valence-electron chi connectivity index (χ2n) is 6.02. The van der Waals surface area contributed by atoms with Gasteiger partial charge in [-0.15, -0.1) is 11.8 Å². The number of benzene rings is 2. The van der Waals surface area contributed by atoms with E-state index in [2.05, 4.69) is 17.4 Å². The van der Waals surface area contributed by atoms with E-state index in [4.69, 9.17) is 14.2 Å². The first-order valence-corrected chi connectivity index (χ1v) is 9.74. The standard InChI is InChI=1S/C21H27NO4S/c1-15(27-18-11-12-19(25-3)20(14-18)26-4)21(23)22-13-5-6-16-7-9-17(24-2)10-8-16/h7-12,14-15H,5-6,13H2,1-4H3,(H,22,23). The number of amides is 1. The molecule has 27 heavy (non-hydrogen) atoms. The average Bonchev–Trinajstić information content (AvgIpc) is 2.71. The number of carbonyl (C=O) groups excluding carboxylic acids is 1. The van der Waals surface area contributed by atoms with Crippen molar-refractivity contribution in [3.8, 4) is 17.2 Å². The summed E-state index contributed by atoms with van der Waals surface area (Å²) in [5.74, 6) is 2.23. The monoisotopic (exact) mass is 389 g/mol. The van der Waals surface area contributed by atoms with E-state index in [1.807, 2.05) is 37.3 Å². The Morgan fingerprint density at radius 3 is 2.33 bits per heavy atom. The number of hydrogen-bond acceptors (Lipinski definition) is 5. The van der Waals surface area contributed by atoms with E-state index in [9.17, 15) is 4.79 Å². The van der Waals surface area contributed by atoms with Gasteiger partial charge in [0.1, 0.15) is 5.75 Å². The Balaban J connectivity index is 1.76. The zero-order valence-corrected chi connectivity index (χ0v) is 17.1. The lowest BCUT2D eigenvalue weighted by atomic mass is 10.1. The highest BCUT2D eigenvalue weighted by Gasteiger charge is 2.15. The van der Waals surface area contributed by atoms with Crippen LogP contribution < -0.4 is 19.5 Å².